The number of hydrogen-bond acceptors (Lipinski definition) is 8. The Morgan fingerprint density at radius 2 is 1.98 bits per heavy atom. The van der Waals surface area contributed by atoms with Gasteiger partial charge in [-0.3, -0.25) is 4.79 Å². The van der Waals surface area contributed by atoms with Crippen LogP contribution in [0.1, 0.15) is 47.9 Å². The van der Waals surface area contributed by atoms with Gasteiger partial charge in [-0.05, 0) is 69.3 Å². The van der Waals surface area contributed by atoms with E-state index in [4.69, 9.17) is 14.5 Å². The topological polar surface area (TPSA) is 98.9 Å². The lowest BCUT2D eigenvalue weighted by Gasteiger charge is -2.29. The van der Waals surface area contributed by atoms with Crippen LogP contribution < -0.4 is 9.64 Å². The zero-order chi connectivity index (χ0) is 28.8. The summed E-state index contributed by atoms with van der Waals surface area (Å²) in [7, 11) is 2.14. The first-order chi connectivity index (χ1) is 19.9. The smallest absolute Gasteiger partial charge is 0.306 e. The highest BCUT2D eigenvalue weighted by Gasteiger charge is 2.26. The van der Waals surface area contributed by atoms with Crippen molar-refractivity contribution in [2.45, 2.75) is 45.8 Å². The fraction of sp³-hybridized carbons (Fsp3) is 0.469. The van der Waals surface area contributed by atoms with Crippen LogP contribution in [0.25, 0.3) is 11.3 Å². The molecule has 2 aromatic carbocycles. The molecule has 0 radical (unpaired) electrons. The molecule has 0 aliphatic carbocycles. The van der Waals surface area contributed by atoms with Crippen LogP contribution in [-0.4, -0.2) is 60.9 Å². The molecular formula is C32H38N4O4S. The van der Waals surface area contributed by atoms with Gasteiger partial charge in [0.2, 0.25) is 0 Å². The first kappa shape index (κ1) is 29.1. The summed E-state index contributed by atoms with van der Waals surface area (Å²) in [6, 6.07) is 14.5. The molecule has 5 rings (SSSR count). The van der Waals surface area contributed by atoms with Crippen molar-refractivity contribution in [1.82, 2.24) is 9.88 Å². The van der Waals surface area contributed by atoms with E-state index in [1.54, 1.807) is 11.3 Å². The van der Waals surface area contributed by atoms with Gasteiger partial charge in [-0.2, -0.15) is 5.26 Å². The molecule has 216 valence electrons. The lowest BCUT2D eigenvalue weighted by atomic mass is 9.97. The van der Waals surface area contributed by atoms with Gasteiger partial charge in [-0.1, -0.05) is 23.8 Å². The van der Waals surface area contributed by atoms with E-state index in [1.165, 1.54) is 0 Å². The standard InChI is InChI=1S/C32H38N4O4S/c1-22-3-6-30(28(15-22)29-21-41-32(34-29)36-11-7-25(8-12-36)31(37)38)40-20-26-5-4-24(16-27(26)17-33)19-35(2)18-23-9-13-39-14-10-23/h3-6,15-16,21,23,25H,7-14,18-20H2,1-2H3,(H,37,38). The molecule has 3 heterocycles. The van der Waals surface area contributed by atoms with Crippen molar-refractivity contribution >= 4 is 22.4 Å². The third kappa shape index (κ3) is 7.45. The first-order valence-corrected chi connectivity index (χ1v) is 15.2. The Hall–Kier alpha value is -3.45. The average Bonchev–Trinajstić information content (AvgIpc) is 3.47. The Morgan fingerprint density at radius 3 is 2.71 bits per heavy atom. The van der Waals surface area contributed by atoms with Gasteiger partial charge in [-0.25, -0.2) is 4.98 Å². The molecule has 2 saturated heterocycles. The number of piperidine rings is 1. The van der Waals surface area contributed by atoms with Gasteiger partial charge in [0.1, 0.15) is 12.4 Å². The van der Waals surface area contributed by atoms with Gasteiger partial charge in [0.15, 0.2) is 5.13 Å². The lowest BCUT2D eigenvalue weighted by molar-refractivity contribution is -0.142. The predicted molar refractivity (Wildman–Crippen MR) is 160 cm³/mol. The fourth-order valence-corrected chi connectivity index (χ4v) is 6.55. The molecule has 0 unspecified atom stereocenters. The highest BCUT2D eigenvalue weighted by Crippen LogP contribution is 2.36. The molecule has 1 aromatic heterocycles. The minimum atomic E-state index is -0.710. The maximum Gasteiger partial charge on any atom is 0.306 e. The van der Waals surface area contributed by atoms with Crippen LogP contribution in [0.15, 0.2) is 41.8 Å². The molecule has 9 heteroatoms. The van der Waals surface area contributed by atoms with Gasteiger partial charge >= 0.3 is 5.97 Å². The molecule has 41 heavy (non-hydrogen) atoms. The summed E-state index contributed by atoms with van der Waals surface area (Å²) in [5, 5.41) is 22.1. The van der Waals surface area contributed by atoms with Gasteiger partial charge < -0.3 is 24.4 Å². The number of thiazole rings is 1. The molecule has 0 amide bonds. The summed E-state index contributed by atoms with van der Waals surface area (Å²) < 4.78 is 11.8. The summed E-state index contributed by atoms with van der Waals surface area (Å²) in [6.45, 7) is 7.26. The summed E-state index contributed by atoms with van der Waals surface area (Å²) >= 11 is 1.57. The molecule has 8 nitrogen and oxygen atoms in total. The number of ether oxygens (including phenoxy) is 2. The van der Waals surface area contributed by atoms with E-state index in [-0.39, 0.29) is 12.5 Å². The number of nitrogens with zero attached hydrogens (tertiary/aromatic N) is 4. The van der Waals surface area contributed by atoms with Crippen molar-refractivity contribution in [3.8, 4) is 23.1 Å². The third-order valence-corrected chi connectivity index (χ3v) is 8.96. The molecule has 0 saturated carbocycles. The molecule has 3 aromatic rings. The first-order valence-electron chi connectivity index (χ1n) is 14.3. The van der Waals surface area contributed by atoms with Crippen molar-refractivity contribution in [3.63, 3.8) is 0 Å². The van der Waals surface area contributed by atoms with Crippen LogP contribution in [0.5, 0.6) is 5.75 Å². The Bertz CT molecular complexity index is 1390. The van der Waals surface area contributed by atoms with Crippen molar-refractivity contribution in [2.24, 2.45) is 11.8 Å². The molecular weight excluding hydrogens is 536 g/mol. The summed E-state index contributed by atoms with van der Waals surface area (Å²) in [5.41, 5.74) is 5.48. The highest BCUT2D eigenvalue weighted by molar-refractivity contribution is 7.14. The van der Waals surface area contributed by atoms with Crippen molar-refractivity contribution in [3.05, 3.63) is 64.0 Å². The number of aliphatic carboxylic acids is 1. The Morgan fingerprint density at radius 1 is 1.20 bits per heavy atom. The lowest BCUT2D eigenvalue weighted by Crippen LogP contribution is -2.36. The van der Waals surface area contributed by atoms with Gasteiger partial charge in [-0.15, -0.1) is 11.3 Å². The van der Waals surface area contributed by atoms with Crippen LogP contribution in [0.3, 0.4) is 0 Å². The number of nitriles is 1. The number of rotatable bonds is 10. The number of benzene rings is 2. The van der Waals surface area contributed by atoms with Crippen LogP contribution in [0.4, 0.5) is 5.13 Å². The number of carbonyl (C=O) groups is 1. The minimum absolute atomic E-state index is 0.271. The highest BCUT2D eigenvalue weighted by atomic mass is 32.1. The zero-order valence-electron chi connectivity index (χ0n) is 23.8. The van der Waals surface area contributed by atoms with E-state index in [2.05, 4.69) is 35.0 Å². The van der Waals surface area contributed by atoms with E-state index in [9.17, 15) is 15.2 Å². The molecule has 0 spiro atoms. The van der Waals surface area contributed by atoms with E-state index in [1.807, 2.05) is 36.6 Å². The average molecular weight is 575 g/mol. The van der Waals surface area contributed by atoms with Crippen molar-refractivity contribution in [2.75, 3.05) is 44.8 Å². The van der Waals surface area contributed by atoms with Gasteiger partial charge in [0, 0.05) is 55.9 Å². The zero-order valence-corrected chi connectivity index (χ0v) is 24.7. The third-order valence-electron chi connectivity index (χ3n) is 8.06. The normalized spacial score (nSPS) is 16.6. The monoisotopic (exact) mass is 574 g/mol. The quantitative estimate of drug-likeness (QED) is 0.328. The minimum Gasteiger partial charge on any atom is -0.488 e. The number of carboxylic acid groups (broad SMARTS) is 1. The molecule has 2 aliphatic rings. The number of aryl methyl sites for hydroxylation is 1. The van der Waals surface area contributed by atoms with Crippen molar-refractivity contribution < 1.29 is 19.4 Å². The Balaban J connectivity index is 1.24. The molecule has 2 aliphatic heterocycles. The van der Waals surface area contributed by atoms with E-state index >= 15 is 0 Å². The number of carboxylic acids is 1. The van der Waals surface area contributed by atoms with Crippen LogP contribution >= 0.6 is 11.3 Å². The molecule has 2 fully saturated rings. The molecule has 1 N–H and O–H groups in total. The van der Waals surface area contributed by atoms with Crippen molar-refractivity contribution in [1.29, 1.82) is 5.26 Å². The van der Waals surface area contributed by atoms with Crippen LogP contribution in [-0.2, 0) is 22.7 Å². The fourth-order valence-electron chi connectivity index (χ4n) is 5.67. The Labute approximate surface area is 246 Å². The largest absolute Gasteiger partial charge is 0.488 e. The van der Waals surface area contributed by atoms with Crippen LogP contribution in [0.2, 0.25) is 0 Å². The number of hydrogen-bond donors (Lipinski definition) is 1. The number of aromatic nitrogens is 1. The summed E-state index contributed by atoms with van der Waals surface area (Å²) in [6.07, 6.45) is 3.49. The maximum absolute atomic E-state index is 11.3. The van der Waals surface area contributed by atoms with E-state index in [0.29, 0.717) is 37.4 Å². The van der Waals surface area contributed by atoms with Crippen LogP contribution in [0, 0.1) is 30.1 Å². The molecule has 0 bridgehead atoms. The van der Waals surface area contributed by atoms with Gasteiger partial charge in [0.05, 0.1) is 23.2 Å². The molecule has 0 atom stereocenters. The summed E-state index contributed by atoms with van der Waals surface area (Å²) in [5.74, 6) is 0.408. The second kappa shape index (κ2) is 13.5. The second-order valence-electron chi connectivity index (χ2n) is 11.3. The second-order valence-corrected chi connectivity index (χ2v) is 12.1. The number of anilines is 1. The maximum atomic E-state index is 11.3. The SMILES string of the molecule is Cc1ccc(OCc2ccc(CN(C)CC3CCOCC3)cc2C#N)c(-c2csc(N3CCC(C(=O)O)CC3)n2)c1. The summed E-state index contributed by atoms with van der Waals surface area (Å²) in [4.78, 5) is 20.7. The van der Waals surface area contributed by atoms with E-state index < -0.39 is 5.97 Å². The predicted octanol–water partition coefficient (Wildman–Crippen LogP) is 5.73. The Kier molecular flexibility index (Phi) is 9.55. The van der Waals surface area contributed by atoms with Gasteiger partial charge in [0.25, 0.3) is 0 Å². The van der Waals surface area contributed by atoms with E-state index in [0.717, 1.165) is 78.0 Å².